The number of hydrogen-bond acceptors (Lipinski definition) is 8. The normalized spacial score (nSPS) is 16.5. The summed E-state index contributed by atoms with van der Waals surface area (Å²) in [5.74, 6) is -3.18. The van der Waals surface area contributed by atoms with Crippen LogP contribution >= 0.6 is 11.6 Å². The van der Waals surface area contributed by atoms with Crippen LogP contribution in [0.4, 0.5) is 32.0 Å². The number of nitrogens with one attached hydrogen (secondary N) is 1. The molecule has 13 nitrogen and oxygen atoms in total. The van der Waals surface area contributed by atoms with Crippen LogP contribution in [0.3, 0.4) is 0 Å². The molecule has 1 aromatic carbocycles. The van der Waals surface area contributed by atoms with Crippen molar-refractivity contribution in [1.29, 1.82) is 0 Å². The first-order chi connectivity index (χ1) is 23.9. The molecule has 0 spiro atoms. The van der Waals surface area contributed by atoms with Gasteiger partial charge in [-0.3, -0.25) is 19.3 Å². The molecule has 0 fully saturated rings. The summed E-state index contributed by atoms with van der Waals surface area (Å²) in [5, 5.41) is 26.1. The lowest BCUT2D eigenvalue weighted by molar-refractivity contribution is -0.192. The molecular weight excluding hydrogens is 712 g/mol. The van der Waals surface area contributed by atoms with Crippen molar-refractivity contribution in [1.82, 2.24) is 39.5 Å². The molecule has 0 radical (unpaired) electrons. The minimum atomic E-state index is -5.08. The fourth-order valence-electron chi connectivity index (χ4n) is 5.30. The number of carbonyl (C=O) groups is 2. The Morgan fingerprint density at radius 3 is 2.37 bits per heavy atom. The summed E-state index contributed by atoms with van der Waals surface area (Å²) in [4.78, 5) is 40.0. The number of fused-ring (bicyclic) bond motifs is 4. The molecule has 268 valence electrons. The molecule has 0 aliphatic carbocycles. The highest BCUT2D eigenvalue weighted by molar-refractivity contribution is 6.31. The number of halogens is 7. The van der Waals surface area contributed by atoms with Crippen molar-refractivity contribution in [3.63, 3.8) is 0 Å². The van der Waals surface area contributed by atoms with Crippen LogP contribution in [0.15, 0.2) is 66.0 Å². The van der Waals surface area contributed by atoms with Gasteiger partial charge in [0, 0.05) is 46.9 Å². The number of pyridine rings is 1. The minimum absolute atomic E-state index is 0.127. The predicted molar refractivity (Wildman–Crippen MR) is 169 cm³/mol. The van der Waals surface area contributed by atoms with Crippen molar-refractivity contribution in [3.8, 4) is 28.1 Å². The van der Waals surface area contributed by atoms with E-state index >= 15 is 0 Å². The first-order valence-corrected chi connectivity index (χ1v) is 15.3. The Kier molecular flexibility index (Phi) is 10.3. The van der Waals surface area contributed by atoms with Crippen LogP contribution in [-0.2, 0) is 22.8 Å². The topological polar surface area (TPSA) is 163 Å². The van der Waals surface area contributed by atoms with Crippen LogP contribution in [-0.4, -0.2) is 62.7 Å². The van der Waals surface area contributed by atoms with E-state index < -0.39 is 35.6 Å². The highest BCUT2D eigenvalue weighted by Gasteiger charge is 2.38. The maximum absolute atomic E-state index is 13.7. The summed E-state index contributed by atoms with van der Waals surface area (Å²) >= 11 is 6.24. The van der Waals surface area contributed by atoms with Gasteiger partial charge >= 0.3 is 18.3 Å². The van der Waals surface area contributed by atoms with Crippen molar-refractivity contribution >= 4 is 29.2 Å². The van der Waals surface area contributed by atoms with E-state index in [1.165, 1.54) is 35.1 Å². The van der Waals surface area contributed by atoms with Gasteiger partial charge in [0.1, 0.15) is 0 Å². The molecule has 2 bridgehead atoms. The van der Waals surface area contributed by atoms with E-state index in [2.05, 4.69) is 30.8 Å². The first kappa shape index (κ1) is 36.7. The molecule has 5 heterocycles. The Balaban J connectivity index is 0.000000654. The van der Waals surface area contributed by atoms with Gasteiger partial charge in [0.05, 0.1) is 47.4 Å². The molecule has 5 aromatic rings. The second-order valence-corrected chi connectivity index (χ2v) is 11.8. The van der Waals surface area contributed by atoms with Gasteiger partial charge in [0.2, 0.25) is 5.91 Å². The van der Waals surface area contributed by atoms with Gasteiger partial charge in [-0.15, -0.1) is 5.10 Å². The zero-order chi connectivity index (χ0) is 37.2. The maximum atomic E-state index is 13.7. The lowest BCUT2D eigenvalue weighted by Crippen LogP contribution is -2.29. The van der Waals surface area contributed by atoms with Crippen LogP contribution in [0.5, 0.6) is 0 Å². The van der Waals surface area contributed by atoms with E-state index in [1.54, 1.807) is 30.2 Å². The SMILES string of the molecule is C[C@@H]1CCC[C@H](n2ncc(-c3cc(Cl)ccc3-n3cc(C(F)(F)F)nn3)cc2=O)c2cc(ccn2)-c2c(cnn2C)NC1=O.O=C(O)C(F)(F)F. The highest BCUT2D eigenvalue weighted by Crippen LogP contribution is 2.34. The number of rotatable bonds is 3. The van der Waals surface area contributed by atoms with E-state index in [0.29, 0.717) is 52.5 Å². The fourth-order valence-corrected chi connectivity index (χ4v) is 5.47. The van der Waals surface area contributed by atoms with Gasteiger partial charge in [-0.2, -0.15) is 36.5 Å². The van der Waals surface area contributed by atoms with E-state index in [1.807, 2.05) is 13.0 Å². The molecule has 0 saturated heterocycles. The molecule has 0 unspecified atom stereocenters. The van der Waals surface area contributed by atoms with Crippen molar-refractivity contribution < 1.29 is 41.0 Å². The lowest BCUT2D eigenvalue weighted by Gasteiger charge is -2.21. The first-order valence-electron chi connectivity index (χ1n) is 14.9. The third-order valence-corrected chi connectivity index (χ3v) is 8.05. The summed E-state index contributed by atoms with van der Waals surface area (Å²) < 4.78 is 75.3. The number of alkyl halides is 6. The van der Waals surface area contributed by atoms with E-state index in [-0.39, 0.29) is 17.5 Å². The second kappa shape index (κ2) is 14.3. The fraction of sp³-hybridized carbons (Fsp3) is 0.290. The van der Waals surface area contributed by atoms with E-state index in [4.69, 9.17) is 21.5 Å². The number of hydrogen-bond donors (Lipinski definition) is 2. The number of aliphatic carboxylic acids is 1. The number of aryl methyl sites for hydroxylation is 1. The molecule has 4 aromatic heterocycles. The number of carbonyl (C=O) groups excluding carboxylic acids is 1. The summed E-state index contributed by atoms with van der Waals surface area (Å²) in [6, 6.07) is 8.95. The molecule has 1 amide bonds. The number of carboxylic acid groups (broad SMARTS) is 1. The van der Waals surface area contributed by atoms with Gasteiger partial charge in [0.25, 0.3) is 5.56 Å². The summed E-state index contributed by atoms with van der Waals surface area (Å²) in [5.41, 5.74) is 1.90. The number of anilines is 1. The molecular formula is C31H26ClF6N9O4. The molecule has 0 saturated carbocycles. The van der Waals surface area contributed by atoms with Crippen molar-refractivity contribution in [2.24, 2.45) is 13.0 Å². The maximum Gasteiger partial charge on any atom is 0.490 e. The Hall–Kier alpha value is -5.59. The van der Waals surface area contributed by atoms with Crippen LogP contribution in [0, 0.1) is 5.92 Å². The smallest absolute Gasteiger partial charge is 0.475 e. The molecule has 51 heavy (non-hydrogen) atoms. The zero-order valence-corrected chi connectivity index (χ0v) is 27.2. The standard InChI is InChI=1S/C29H25ClF3N9O2.C2HF3O2/c1-16-4-3-5-24(21-10-17(8-9-34-21)27-22(37-28(16)44)14-35-40(27)2)42-26(43)11-18(13-36-42)20-12-19(30)6-7-23(20)41-15-25(38-39-41)29(31,32)33;3-2(4,5)1(6)7/h6-16,24H,3-5H2,1-2H3,(H,37,44);(H,6,7)/t16-,24+;/m1./s1. The Morgan fingerprint density at radius 2 is 1.73 bits per heavy atom. The average molecular weight is 738 g/mol. The molecule has 6 rings (SSSR count). The number of nitrogens with zero attached hydrogens (tertiary/aromatic N) is 8. The molecule has 2 atom stereocenters. The van der Waals surface area contributed by atoms with Gasteiger partial charge < -0.3 is 10.4 Å². The van der Waals surface area contributed by atoms with Crippen molar-refractivity contribution in [2.75, 3.05) is 5.32 Å². The zero-order valence-electron chi connectivity index (χ0n) is 26.4. The molecule has 1 aliphatic heterocycles. The summed E-state index contributed by atoms with van der Waals surface area (Å²) in [7, 11) is 1.77. The Labute approximate surface area is 288 Å². The average Bonchev–Trinajstić information content (AvgIpc) is 3.70. The van der Waals surface area contributed by atoms with Gasteiger partial charge in [-0.1, -0.05) is 30.2 Å². The van der Waals surface area contributed by atoms with Gasteiger partial charge in [0.15, 0.2) is 5.69 Å². The summed E-state index contributed by atoms with van der Waals surface area (Å²) in [6.45, 7) is 1.85. The lowest BCUT2D eigenvalue weighted by atomic mass is 9.97. The minimum Gasteiger partial charge on any atom is -0.475 e. The van der Waals surface area contributed by atoms with Crippen molar-refractivity contribution in [2.45, 2.75) is 44.6 Å². The number of amides is 1. The van der Waals surface area contributed by atoms with E-state index in [0.717, 1.165) is 16.4 Å². The molecule has 2 N–H and O–H groups in total. The van der Waals surface area contributed by atoms with Crippen LogP contribution < -0.4 is 10.9 Å². The van der Waals surface area contributed by atoms with Crippen LogP contribution in [0.1, 0.15) is 43.6 Å². The van der Waals surface area contributed by atoms with Gasteiger partial charge in [-0.05, 0) is 43.2 Å². The predicted octanol–water partition coefficient (Wildman–Crippen LogP) is 5.94. The summed E-state index contributed by atoms with van der Waals surface area (Å²) in [6.07, 6.45) is -2.67. The third-order valence-electron chi connectivity index (χ3n) is 7.82. The number of benzene rings is 1. The molecule has 20 heteroatoms. The van der Waals surface area contributed by atoms with Crippen molar-refractivity contribution in [3.05, 3.63) is 87.9 Å². The molecule has 1 aliphatic rings. The van der Waals surface area contributed by atoms with Gasteiger partial charge in [-0.25, -0.2) is 14.2 Å². The third kappa shape index (κ3) is 8.25. The van der Waals surface area contributed by atoms with E-state index in [9.17, 15) is 35.9 Å². The largest absolute Gasteiger partial charge is 0.490 e. The Morgan fingerprint density at radius 1 is 1.00 bits per heavy atom. The highest BCUT2D eigenvalue weighted by atomic mass is 35.5. The number of carboxylic acids is 1. The Bertz CT molecular complexity index is 2140. The number of aromatic nitrogens is 8. The monoisotopic (exact) mass is 737 g/mol. The van der Waals surface area contributed by atoms with Crippen LogP contribution in [0.25, 0.3) is 28.1 Å². The second-order valence-electron chi connectivity index (χ2n) is 11.4. The quantitative estimate of drug-likeness (QED) is 0.214. The van der Waals surface area contributed by atoms with Crippen LogP contribution in [0.2, 0.25) is 5.02 Å².